The minimum Gasteiger partial charge on any atom is -0.468 e. The van der Waals surface area contributed by atoms with Gasteiger partial charge in [0.15, 0.2) is 6.79 Å². The molecule has 1 unspecified atom stereocenters. The molecular weight excluding hydrogens is 420 g/mol. The number of fused-ring (bicyclic) bond motifs is 2. The second kappa shape index (κ2) is 11.0. The zero-order valence-corrected chi connectivity index (χ0v) is 19.6. The fraction of sp³-hybridized carbons (Fsp3) is 0.385. The molecule has 33 heavy (non-hydrogen) atoms. The highest BCUT2D eigenvalue weighted by atomic mass is 16.6. The van der Waals surface area contributed by atoms with Crippen molar-refractivity contribution in [3.8, 4) is 5.75 Å². The number of hydrogen-bond acceptors (Lipinski definition) is 6. The van der Waals surface area contributed by atoms with Crippen molar-refractivity contribution >= 4 is 11.9 Å². The first-order valence-corrected chi connectivity index (χ1v) is 11.4. The van der Waals surface area contributed by atoms with Gasteiger partial charge in [-0.15, -0.1) is 0 Å². The summed E-state index contributed by atoms with van der Waals surface area (Å²) in [7, 11) is 1.35. The van der Waals surface area contributed by atoms with E-state index in [1.54, 1.807) is 24.0 Å². The number of carbonyl (C=O) groups is 2. The van der Waals surface area contributed by atoms with Crippen LogP contribution < -0.4 is 10.1 Å². The van der Waals surface area contributed by atoms with Gasteiger partial charge in [-0.3, -0.25) is 4.79 Å². The van der Waals surface area contributed by atoms with E-state index in [-0.39, 0.29) is 18.4 Å². The summed E-state index contributed by atoms with van der Waals surface area (Å²) >= 11 is 0. The first-order valence-electron chi connectivity index (χ1n) is 11.4. The molecule has 176 valence electrons. The second-order valence-electron chi connectivity index (χ2n) is 7.55. The Morgan fingerprint density at radius 3 is 2.52 bits per heavy atom. The first kappa shape index (κ1) is 24.3. The Kier molecular flexibility index (Phi) is 8.11. The van der Waals surface area contributed by atoms with Crippen molar-refractivity contribution in [2.24, 2.45) is 0 Å². The molecule has 1 aromatic rings. The lowest BCUT2D eigenvalue weighted by Gasteiger charge is -2.41. The van der Waals surface area contributed by atoms with Crippen LogP contribution in [0, 0.1) is 0 Å². The molecule has 2 N–H and O–H groups in total. The third-order valence-electron chi connectivity index (χ3n) is 5.90. The number of esters is 1. The zero-order chi connectivity index (χ0) is 24.0. The van der Waals surface area contributed by atoms with Crippen LogP contribution in [-0.4, -0.2) is 47.9 Å². The van der Waals surface area contributed by atoms with Crippen LogP contribution >= 0.6 is 0 Å². The van der Waals surface area contributed by atoms with Crippen molar-refractivity contribution in [3.05, 3.63) is 77.1 Å². The lowest BCUT2D eigenvalue weighted by Crippen LogP contribution is -2.51. The van der Waals surface area contributed by atoms with Crippen molar-refractivity contribution < 1.29 is 24.2 Å². The highest BCUT2D eigenvalue weighted by Crippen LogP contribution is 2.45. The van der Waals surface area contributed by atoms with E-state index in [0.29, 0.717) is 12.2 Å². The Balaban J connectivity index is 0.00000149. The molecule has 2 aliphatic heterocycles. The molecule has 0 saturated carbocycles. The molecule has 3 aliphatic rings. The lowest BCUT2D eigenvalue weighted by atomic mass is 9.86. The monoisotopic (exact) mass is 452 g/mol. The maximum absolute atomic E-state index is 13.1. The van der Waals surface area contributed by atoms with Gasteiger partial charge in [0.05, 0.1) is 19.2 Å². The number of hydrogen-bond donors (Lipinski definition) is 2. The highest BCUT2D eigenvalue weighted by Gasteiger charge is 2.47. The lowest BCUT2D eigenvalue weighted by molar-refractivity contribution is -0.155. The van der Waals surface area contributed by atoms with Crippen LogP contribution in [0.15, 0.2) is 71.5 Å². The maximum Gasteiger partial charge on any atom is 0.328 e. The average molecular weight is 453 g/mol. The van der Waals surface area contributed by atoms with Gasteiger partial charge >= 0.3 is 5.97 Å². The van der Waals surface area contributed by atoms with Gasteiger partial charge in [-0.25, -0.2) is 4.79 Å². The Morgan fingerprint density at radius 1 is 1.15 bits per heavy atom. The molecule has 0 radical (unpaired) electrons. The number of ether oxygens (including phenoxy) is 2. The summed E-state index contributed by atoms with van der Waals surface area (Å²) < 4.78 is 10.2. The second-order valence-corrected chi connectivity index (χ2v) is 7.55. The van der Waals surface area contributed by atoms with Gasteiger partial charge in [0, 0.05) is 18.5 Å². The molecule has 0 saturated heterocycles. The Bertz CT molecular complexity index is 990. The van der Waals surface area contributed by atoms with Gasteiger partial charge in [0.1, 0.15) is 11.8 Å². The van der Waals surface area contributed by atoms with Crippen LogP contribution in [0.4, 0.5) is 0 Å². The first-order chi connectivity index (χ1) is 16.1. The van der Waals surface area contributed by atoms with E-state index < -0.39 is 24.8 Å². The van der Waals surface area contributed by atoms with Crippen molar-refractivity contribution in [1.82, 2.24) is 10.2 Å². The SMILES string of the molecule is CC.CCC(=O)N1[C@@H](C(=O)OC)CC2=C(NC3C=CC=CC=C23)[C@H]1c1ccc(OCO)cc1. The number of amides is 1. The number of aliphatic hydroxyl groups excluding tert-OH is 1. The molecule has 0 bridgehead atoms. The van der Waals surface area contributed by atoms with Gasteiger partial charge in [-0.1, -0.05) is 63.3 Å². The number of carbonyl (C=O) groups excluding carboxylic acids is 2. The minimum absolute atomic E-state index is 0.0190. The zero-order valence-electron chi connectivity index (χ0n) is 19.6. The number of aliphatic hydroxyl groups is 1. The quantitative estimate of drug-likeness (QED) is 0.525. The number of rotatable bonds is 5. The highest BCUT2D eigenvalue weighted by molar-refractivity contribution is 5.86. The summed E-state index contributed by atoms with van der Waals surface area (Å²) in [6.45, 7) is 5.37. The van der Waals surface area contributed by atoms with Crippen LogP contribution in [0.3, 0.4) is 0 Å². The van der Waals surface area contributed by atoms with E-state index in [1.165, 1.54) is 7.11 Å². The van der Waals surface area contributed by atoms with Crippen molar-refractivity contribution in [2.75, 3.05) is 13.9 Å². The molecule has 1 aliphatic carbocycles. The van der Waals surface area contributed by atoms with Gasteiger partial charge < -0.3 is 24.8 Å². The summed E-state index contributed by atoms with van der Waals surface area (Å²) in [6, 6.07) is 6.01. The number of nitrogens with one attached hydrogen (secondary N) is 1. The van der Waals surface area contributed by atoms with E-state index in [4.69, 9.17) is 14.6 Å². The van der Waals surface area contributed by atoms with E-state index >= 15 is 0 Å². The van der Waals surface area contributed by atoms with E-state index in [9.17, 15) is 9.59 Å². The van der Waals surface area contributed by atoms with E-state index in [1.807, 2.05) is 44.2 Å². The van der Waals surface area contributed by atoms with Gasteiger partial charge in [0.2, 0.25) is 5.91 Å². The third-order valence-corrected chi connectivity index (χ3v) is 5.90. The smallest absolute Gasteiger partial charge is 0.328 e. The van der Waals surface area contributed by atoms with Gasteiger partial charge in [0.25, 0.3) is 0 Å². The molecule has 1 aromatic carbocycles. The molecular formula is C26H32N2O5. The Labute approximate surface area is 195 Å². The molecule has 7 nitrogen and oxygen atoms in total. The predicted octanol–water partition coefficient (Wildman–Crippen LogP) is 3.54. The summed E-state index contributed by atoms with van der Waals surface area (Å²) in [5, 5.41) is 12.6. The van der Waals surface area contributed by atoms with E-state index in [2.05, 4.69) is 17.5 Å². The molecule has 0 fully saturated rings. The molecule has 2 heterocycles. The topological polar surface area (TPSA) is 88.1 Å². The van der Waals surface area contributed by atoms with Crippen LogP contribution in [-0.2, 0) is 14.3 Å². The molecule has 1 amide bonds. The average Bonchev–Trinajstić information content (AvgIpc) is 3.03. The molecule has 4 rings (SSSR count). The van der Waals surface area contributed by atoms with Crippen LogP contribution in [0.5, 0.6) is 5.75 Å². The van der Waals surface area contributed by atoms with Crippen molar-refractivity contribution in [2.45, 2.75) is 51.7 Å². The molecule has 3 atom stereocenters. The molecule has 7 heteroatoms. The number of nitrogens with zero attached hydrogens (tertiary/aromatic N) is 1. The molecule has 0 spiro atoms. The maximum atomic E-state index is 13.1. The summed E-state index contributed by atoms with van der Waals surface area (Å²) in [4.78, 5) is 27.5. The number of allylic oxidation sites excluding steroid dienone is 4. The van der Waals surface area contributed by atoms with Crippen LogP contribution in [0.2, 0.25) is 0 Å². The predicted molar refractivity (Wildman–Crippen MR) is 126 cm³/mol. The largest absolute Gasteiger partial charge is 0.468 e. The number of methoxy groups -OCH3 is 1. The third kappa shape index (κ3) is 4.73. The minimum atomic E-state index is -0.716. The van der Waals surface area contributed by atoms with Crippen molar-refractivity contribution in [1.29, 1.82) is 0 Å². The fourth-order valence-electron chi connectivity index (χ4n) is 4.49. The fourth-order valence-corrected chi connectivity index (χ4v) is 4.49. The summed E-state index contributed by atoms with van der Waals surface area (Å²) in [6.07, 6.45) is 10.7. The normalized spacial score (nSPS) is 22.8. The van der Waals surface area contributed by atoms with Gasteiger partial charge in [-0.2, -0.15) is 0 Å². The number of benzene rings is 1. The van der Waals surface area contributed by atoms with E-state index in [0.717, 1.165) is 22.4 Å². The summed E-state index contributed by atoms with van der Waals surface area (Å²) in [5.74, 6) is -0.0299. The summed E-state index contributed by atoms with van der Waals surface area (Å²) in [5.41, 5.74) is 3.91. The van der Waals surface area contributed by atoms with Crippen molar-refractivity contribution in [3.63, 3.8) is 0 Å². The van der Waals surface area contributed by atoms with Crippen LogP contribution in [0.1, 0.15) is 45.2 Å². The molecule has 0 aromatic heterocycles. The Morgan fingerprint density at radius 2 is 1.88 bits per heavy atom. The Hall–Kier alpha value is -3.32. The standard InChI is InChI=1S/C24H26N2O5.C2H6/c1-3-21(28)26-20(24(29)30-2)13-18-17-7-5-4-6-8-19(17)25-22(18)23(26)15-9-11-16(12-10-15)31-14-27;1-2/h4-12,19-20,23,25,27H,3,13-14H2,1-2H3;1-2H3/t19?,20-,23-;/m1./s1. The van der Waals surface area contributed by atoms with Gasteiger partial charge in [-0.05, 0) is 28.8 Å². The van der Waals surface area contributed by atoms with Crippen LogP contribution in [0.25, 0.3) is 0 Å².